The Hall–Kier alpha value is -1.43. The van der Waals surface area contributed by atoms with Crippen molar-refractivity contribution in [3.63, 3.8) is 0 Å². The SMILES string of the molecule is COC(C)c1cccc(NC(=O)C(N)C2CCOCC2)c1. The summed E-state index contributed by atoms with van der Waals surface area (Å²) in [6, 6.07) is 7.17. The maximum absolute atomic E-state index is 12.3. The Labute approximate surface area is 125 Å². The molecule has 21 heavy (non-hydrogen) atoms. The van der Waals surface area contributed by atoms with Crippen molar-refractivity contribution >= 4 is 11.6 Å². The summed E-state index contributed by atoms with van der Waals surface area (Å²) < 4.78 is 10.6. The van der Waals surface area contributed by atoms with E-state index >= 15 is 0 Å². The highest BCUT2D eigenvalue weighted by Gasteiger charge is 2.26. The van der Waals surface area contributed by atoms with Gasteiger partial charge in [0.05, 0.1) is 12.1 Å². The lowest BCUT2D eigenvalue weighted by molar-refractivity contribution is -0.119. The largest absolute Gasteiger partial charge is 0.381 e. The van der Waals surface area contributed by atoms with Gasteiger partial charge < -0.3 is 20.5 Å². The normalized spacial score (nSPS) is 19.0. The summed E-state index contributed by atoms with van der Waals surface area (Å²) in [5, 5.41) is 2.90. The Morgan fingerprint density at radius 2 is 2.14 bits per heavy atom. The lowest BCUT2D eigenvalue weighted by Crippen LogP contribution is -2.44. The molecule has 1 heterocycles. The van der Waals surface area contributed by atoms with Gasteiger partial charge in [-0.25, -0.2) is 0 Å². The number of carbonyl (C=O) groups is 1. The maximum Gasteiger partial charge on any atom is 0.241 e. The first-order valence-corrected chi connectivity index (χ1v) is 7.38. The summed E-state index contributed by atoms with van der Waals surface area (Å²) in [7, 11) is 1.66. The van der Waals surface area contributed by atoms with Crippen LogP contribution in [0, 0.1) is 5.92 Å². The third-order valence-electron chi connectivity index (χ3n) is 4.05. The Bertz CT molecular complexity index is 472. The van der Waals surface area contributed by atoms with Crippen molar-refractivity contribution in [1.82, 2.24) is 0 Å². The van der Waals surface area contributed by atoms with E-state index in [1.54, 1.807) is 7.11 Å². The fraction of sp³-hybridized carbons (Fsp3) is 0.562. The van der Waals surface area contributed by atoms with Gasteiger partial charge in [0.15, 0.2) is 0 Å². The summed E-state index contributed by atoms with van der Waals surface area (Å²) in [5.41, 5.74) is 7.85. The van der Waals surface area contributed by atoms with Crippen LogP contribution in [0.5, 0.6) is 0 Å². The van der Waals surface area contributed by atoms with Gasteiger partial charge in [-0.2, -0.15) is 0 Å². The third-order valence-corrected chi connectivity index (χ3v) is 4.05. The van der Waals surface area contributed by atoms with Crippen LogP contribution >= 0.6 is 0 Å². The van der Waals surface area contributed by atoms with Crippen molar-refractivity contribution in [2.45, 2.75) is 31.9 Å². The molecule has 0 saturated carbocycles. The Morgan fingerprint density at radius 1 is 1.43 bits per heavy atom. The summed E-state index contributed by atoms with van der Waals surface area (Å²) in [4.78, 5) is 12.3. The number of rotatable bonds is 5. The van der Waals surface area contributed by atoms with Crippen LogP contribution in [0.15, 0.2) is 24.3 Å². The summed E-state index contributed by atoms with van der Waals surface area (Å²) in [6.45, 7) is 3.34. The van der Waals surface area contributed by atoms with E-state index in [0.717, 1.165) is 24.1 Å². The molecule has 0 aromatic heterocycles. The predicted octanol–water partition coefficient (Wildman–Crippen LogP) is 2.09. The van der Waals surface area contributed by atoms with E-state index in [0.29, 0.717) is 13.2 Å². The van der Waals surface area contributed by atoms with Gasteiger partial charge in [0.25, 0.3) is 0 Å². The molecule has 0 radical (unpaired) electrons. The summed E-state index contributed by atoms with van der Waals surface area (Å²) in [6.07, 6.45) is 1.68. The second kappa shape index (κ2) is 7.54. The minimum absolute atomic E-state index is 0.00832. The number of benzene rings is 1. The van der Waals surface area contributed by atoms with Crippen LogP contribution in [-0.2, 0) is 14.3 Å². The number of hydrogen-bond donors (Lipinski definition) is 2. The molecule has 0 aliphatic carbocycles. The first-order chi connectivity index (χ1) is 10.1. The van der Waals surface area contributed by atoms with Crippen molar-refractivity contribution < 1.29 is 14.3 Å². The van der Waals surface area contributed by atoms with Gasteiger partial charge >= 0.3 is 0 Å². The topological polar surface area (TPSA) is 73.6 Å². The molecule has 1 amide bonds. The van der Waals surface area contributed by atoms with Crippen LogP contribution in [0.3, 0.4) is 0 Å². The van der Waals surface area contributed by atoms with Crippen molar-refractivity contribution in [3.8, 4) is 0 Å². The fourth-order valence-electron chi connectivity index (χ4n) is 2.52. The zero-order chi connectivity index (χ0) is 15.2. The first kappa shape index (κ1) is 15.9. The Kier molecular flexibility index (Phi) is 5.73. The van der Waals surface area contributed by atoms with Gasteiger partial charge in [-0.05, 0) is 43.4 Å². The molecule has 3 N–H and O–H groups in total. The van der Waals surface area contributed by atoms with E-state index < -0.39 is 6.04 Å². The molecule has 2 rings (SSSR count). The molecule has 2 unspecified atom stereocenters. The number of nitrogens with two attached hydrogens (primary N) is 1. The molecule has 5 nitrogen and oxygen atoms in total. The molecule has 0 bridgehead atoms. The monoisotopic (exact) mass is 292 g/mol. The predicted molar refractivity (Wildman–Crippen MR) is 82.0 cm³/mol. The highest BCUT2D eigenvalue weighted by atomic mass is 16.5. The average Bonchev–Trinajstić information content (AvgIpc) is 2.54. The highest BCUT2D eigenvalue weighted by molar-refractivity contribution is 5.94. The van der Waals surface area contributed by atoms with Crippen LogP contribution in [0.25, 0.3) is 0 Å². The summed E-state index contributed by atoms with van der Waals surface area (Å²) in [5.74, 6) is 0.0592. The summed E-state index contributed by atoms with van der Waals surface area (Å²) >= 11 is 0. The second-order valence-corrected chi connectivity index (χ2v) is 5.47. The van der Waals surface area contributed by atoms with Gasteiger partial charge in [-0.15, -0.1) is 0 Å². The standard InChI is InChI=1S/C16H24N2O3/c1-11(20-2)13-4-3-5-14(10-13)18-16(19)15(17)12-6-8-21-9-7-12/h3-5,10-12,15H,6-9,17H2,1-2H3,(H,18,19). The average molecular weight is 292 g/mol. The lowest BCUT2D eigenvalue weighted by Gasteiger charge is -2.26. The number of ether oxygens (including phenoxy) is 2. The second-order valence-electron chi connectivity index (χ2n) is 5.47. The molecule has 116 valence electrons. The van der Waals surface area contributed by atoms with Gasteiger partial charge in [0, 0.05) is 26.0 Å². The van der Waals surface area contributed by atoms with Gasteiger partial charge in [-0.3, -0.25) is 4.79 Å². The molecule has 1 saturated heterocycles. The molecule has 0 spiro atoms. The number of amides is 1. The van der Waals surface area contributed by atoms with Gasteiger partial charge in [-0.1, -0.05) is 12.1 Å². The number of carbonyl (C=O) groups excluding carboxylic acids is 1. The van der Waals surface area contributed by atoms with E-state index in [1.807, 2.05) is 31.2 Å². The number of methoxy groups -OCH3 is 1. The van der Waals surface area contributed by atoms with E-state index in [1.165, 1.54) is 0 Å². The number of nitrogens with one attached hydrogen (secondary N) is 1. The van der Waals surface area contributed by atoms with E-state index in [9.17, 15) is 4.79 Å². The van der Waals surface area contributed by atoms with Crippen molar-refractivity contribution in [2.24, 2.45) is 11.7 Å². The van der Waals surface area contributed by atoms with E-state index in [2.05, 4.69) is 5.32 Å². The minimum atomic E-state index is -0.489. The molecular formula is C16H24N2O3. The molecular weight excluding hydrogens is 268 g/mol. The van der Waals surface area contributed by atoms with Crippen LogP contribution in [0.1, 0.15) is 31.4 Å². The Balaban J connectivity index is 1.98. The maximum atomic E-state index is 12.3. The fourth-order valence-corrected chi connectivity index (χ4v) is 2.52. The molecule has 1 aliphatic heterocycles. The molecule has 1 aromatic carbocycles. The minimum Gasteiger partial charge on any atom is -0.381 e. The molecule has 1 fully saturated rings. The smallest absolute Gasteiger partial charge is 0.241 e. The van der Waals surface area contributed by atoms with Crippen LogP contribution in [-0.4, -0.2) is 32.3 Å². The van der Waals surface area contributed by atoms with Crippen LogP contribution < -0.4 is 11.1 Å². The number of hydrogen-bond acceptors (Lipinski definition) is 4. The quantitative estimate of drug-likeness (QED) is 0.871. The Morgan fingerprint density at radius 3 is 2.81 bits per heavy atom. The zero-order valence-corrected chi connectivity index (χ0v) is 12.7. The van der Waals surface area contributed by atoms with Crippen molar-refractivity contribution in [1.29, 1.82) is 0 Å². The van der Waals surface area contributed by atoms with Crippen molar-refractivity contribution in [2.75, 3.05) is 25.6 Å². The first-order valence-electron chi connectivity index (χ1n) is 7.38. The van der Waals surface area contributed by atoms with Crippen LogP contribution in [0.4, 0.5) is 5.69 Å². The third kappa shape index (κ3) is 4.27. The van der Waals surface area contributed by atoms with Gasteiger partial charge in [0.1, 0.15) is 0 Å². The highest BCUT2D eigenvalue weighted by Crippen LogP contribution is 2.21. The molecule has 5 heteroatoms. The van der Waals surface area contributed by atoms with E-state index in [4.69, 9.17) is 15.2 Å². The van der Waals surface area contributed by atoms with Crippen molar-refractivity contribution in [3.05, 3.63) is 29.8 Å². The van der Waals surface area contributed by atoms with Gasteiger partial charge in [0.2, 0.25) is 5.91 Å². The molecule has 1 aliphatic rings. The van der Waals surface area contributed by atoms with Crippen LogP contribution in [0.2, 0.25) is 0 Å². The lowest BCUT2D eigenvalue weighted by atomic mass is 9.92. The number of anilines is 1. The van der Waals surface area contributed by atoms with E-state index in [-0.39, 0.29) is 17.9 Å². The molecule has 1 aromatic rings. The zero-order valence-electron chi connectivity index (χ0n) is 12.7. The molecule has 2 atom stereocenters.